The molecule has 0 aromatic carbocycles. The fourth-order valence-electron chi connectivity index (χ4n) is 1.30. The normalized spacial score (nSPS) is 14.6. The summed E-state index contributed by atoms with van der Waals surface area (Å²) in [4.78, 5) is 14.9. The number of nitrogens with one attached hydrogen (secondary N) is 1. The summed E-state index contributed by atoms with van der Waals surface area (Å²) >= 11 is 0. The van der Waals surface area contributed by atoms with Gasteiger partial charge in [-0.25, -0.2) is 9.18 Å². The number of carboxylic acids is 1. The van der Waals surface area contributed by atoms with Crippen LogP contribution in [0.15, 0.2) is 18.3 Å². The SMILES string of the molecule is CCNC(C)(C(=O)O)c1ccc(F)cn1. The summed E-state index contributed by atoms with van der Waals surface area (Å²) in [7, 11) is 0. The molecule has 15 heavy (non-hydrogen) atoms. The van der Waals surface area contributed by atoms with E-state index >= 15 is 0 Å². The van der Waals surface area contributed by atoms with Gasteiger partial charge < -0.3 is 5.11 Å². The molecule has 1 aromatic rings. The molecule has 1 atom stereocenters. The van der Waals surface area contributed by atoms with Gasteiger partial charge in [0.15, 0.2) is 5.54 Å². The predicted molar refractivity (Wildman–Crippen MR) is 52.9 cm³/mol. The maximum atomic E-state index is 12.6. The highest BCUT2D eigenvalue weighted by atomic mass is 19.1. The number of rotatable bonds is 4. The second-order valence-corrected chi connectivity index (χ2v) is 3.32. The summed E-state index contributed by atoms with van der Waals surface area (Å²) in [6, 6.07) is 2.56. The number of hydrogen-bond acceptors (Lipinski definition) is 3. The highest BCUT2D eigenvalue weighted by Crippen LogP contribution is 2.18. The summed E-state index contributed by atoms with van der Waals surface area (Å²) < 4.78 is 12.6. The van der Waals surface area contributed by atoms with Crippen molar-refractivity contribution in [3.8, 4) is 0 Å². The molecule has 0 aliphatic carbocycles. The van der Waals surface area contributed by atoms with Crippen LogP contribution in [0.2, 0.25) is 0 Å². The van der Waals surface area contributed by atoms with Crippen LogP contribution in [0.25, 0.3) is 0 Å². The zero-order valence-electron chi connectivity index (χ0n) is 8.62. The number of pyridine rings is 1. The Labute approximate surface area is 87.1 Å². The molecule has 0 saturated carbocycles. The van der Waals surface area contributed by atoms with Crippen molar-refractivity contribution in [3.05, 3.63) is 29.8 Å². The molecule has 1 aromatic heterocycles. The Morgan fingerprint density at radius 3 is 2.73 bits per heavy atom. The van der Waals surface area contributed by atoms with E-state index in [1.54, 1.807) is 6.92 Å². The van der Waals surface area contributed by atoms with E-state index in [9.17, 15) is 9.18 Å². The van der Waals surface area contributed by atoms with Crippen LogP contribution in [0.4, 0.5) is 4.39 Å². The smallest absolute Gasteiger partial charge is 0.329 e. The van der Waals surface area contributed by atoms with Crippen LogP contribution >= 0.6 is 0 Å². The number of nitrogens with zero attached hydrogens (tertiary/aromatic N) is 1. The number of carboxylic acid groups (broad SMARTS) is 1. The summed E-state index contributed by atoms with van der Waals surface area (Å²) in [5.41, 5.74) is -0.985. The average molecular weight is 212 g/mol. The maximum Gasteiger partial charge on any atom is 0.329 e. The van der Waals surface area contributed by atoms with Gasteiger partial charge in [-0.15, -0.1) is 0 Å². The van der Waals surface area contributed by atoms with E-state index in [1.807, 2.05) is 0 Å². The lowest BCUT2D eigenvalue weighted by Crippen LogP contribution is -2.47. The Morgan fingerprint density at radius 1 is 1.67 bits per heavy atom. The van der Waals surface area contributed by atoms with Gasteiger partial charge in [0.2, 0.25) is 0 Å². The van der Waals surface area contributed by atoms with E-state index in [-0.39, 0.29) is 0 Å². The predicted octanol–water partition coefficient (Wildman–Crippen LogP) is 1.13. The monoisotopic (exact) mass is 212 g/mol. The van der Waals surface area contributed by atoms with Crippen LogP contribution in [0, 0.1) is 5.82 Å². The Hall–Kier alpha value is -1.49. The maximum absolute atomic E-state index is 12.6. The Bertz CT molecular complexity index is 353. The topological polar surface area (TPSA) is 62.2 Å². The van der Waals surface area contributed by atoms with Crippen LogP contribution in [-0.4, -0.2) is 22.6 Å². The Kier molecular flexibility index (Phi) is 3.36. The quantitative estimate of drug-likeness (QED) is 0.785. The minimum Gasteiger partial charge on any atom is -0.480 e. The third kappa shape index (κ3) is 2.30. The molecule has 0 aliphatic rings. The molecular formula is C10H13FN2O2. The Morgan fingerprint density at radius 2 is 2.33 bits per heavy atom. The van der Waals surface area contributed by atoms with Crippen molar-refractivity contribution in [2.24, 2.45) is 0 Å². The fourth-order valence-corrected chi connectivity index (χ4v) is 1.30. The molecule has 0 bridgehead atoms. The van der Waals surface area contributed by atoms with Gasteiger partial charge in [0, 0.05) is 0 Å². The van der Waals surface area contributed by atoms with Crippen LogP contribution in [0.5, 0.6) is 0 Å². The summed E-state index contributed by atoms with van der Waals surface area (Å²) in [6.45, 7) is 3.78. The van der Waals surface area contributed by atoms with Crippen molar-refractivity contribution < 1.29 is 14.3 Å². The third-order valence-electron chi connectivity index (χ3n) is 2.20. The number of halogens is 1. The molecule has 1 heterocycles. The van der Waals surface area contributed by atoms with Crippen LogP contribution in [0.1, 0.15) is 19.5 Å². The number of hydrogen-bond donors (Lipinski definition) is 2. The molecular weight excluding hydrogens is 199 g/mol. The largest absolute Gasteiger partial charge is 0.480 e. The number of aliphatic carboxylic acids is 1. The van der Waals surface area contributed by atoms with Crippen molar-refractivity contribution >= 4 is 5.97 Å². The standard InChI is InChI=1S/C10H13FN2O2/c1-3-13-10(2,9(14)15)8-5-4-7(11)6-12-8/h4-6,13H,3H2,1-2H3,(H,14,15). The third-order valence-corrected chi connectivity index (χ3v) is 2.20. The lowest BCUT2D eigenvalue weighted by molar-refractivity contribution is -0.144. The molecule has 0 radical (unpaired) electrons. The van der Waals surface area contributed by atoms with Crippen molar-refractivity contribution in [2.75, 3.05) is 6.54 Å². The van der Waals surface area contributed by atoms with Gasteiger partial charge in [-0.05, 0) is 25.6 Å². The molecule has 0 fully saturated rings. The molecule has 5 heteroatoms. The molecule has 1 unspecified atom stereocenters. The van der Waals surface area contributed by atoms with Gasteiger partial charge in [-0.2, -0.15) is 0 Å². The van der Waals surface area contributed by atoms with Crippen molar-refractivity contribution in [1.82, 2.24) is 10.3 Å². The van der Waals surface area contributed by atoms with Gasteiger partial charge in [-0.3, -0.25) is 10.3 Å². The summed E-state index contributed by atoms with van der Waals surface area (Å²) in [5.74, 6) is -1.52. The van der Waals surface area contributed by atoms with E-state index in [4.69, 9.17) is 5.11 Å². The van der Waals surface area contributed by atoms with Crippen LogP contribution in [0.3, 0.4) is 0 Å². The van der Waals surface area contributed by atoms with Crippen LogP contribution < -0.4 is 5.32 Å². The molecule has 4 nitrogen and oxygen atoms in total. The molecule has 2 N–H and O–H groups in total. The van der Waals surface area contributed by atoms with E-state index < -0.39 is 17.3 Å². The first-order valence-corrected chi connectivity index (χ1v) is 4.61. The van der Waals surface area contributed by atoms with Gasteiger partial charge in [0.25, 0.3) is 0 Å². The first-order chi connectivity index (χ1) is 7.00. The first kappa shape index (κ1) is 11.6. The minimum atomic E-state index is -1.28. The lowest BCUT2D eigenvalue weighted by atomic mass is 9.97. The molecule has 0 amide bonds. The van der Waals surface area contributed by atoms with E-state index in [0.717, 1.165) is 6.20 Å². The van der Waals surface area contributed by atoms with Gasteiger partial charge in [-0.1, -0.05) is 6.92 Å². The van der Waals surface area contributed by atoms with E-state index in [0.29, 0.717) is 12.2 Å². The number of likely N-dealkylation sites (N-methyl/N-ethyl adjacent to an activating group) is 1. The molecule has 0 spiro atoms. The van der Waals surface area contributed by atoms with E-state index in [2.05, 4.69) is 10.3 Å². The van der Waals surface area contributed by atoms with Gasteiger partial charge >= 0.3 is 5.97 Å². The fraction of sp³-hybridized carbons (Fsp3) is 0.400. The zero-order chi connectivity index (χ0) is 11.5. The molecule has 1 rings (SSSR count). The molecule has 0 saturated heterocycles. The molecule has 0 aliphatic heterocycles. The van der Waals surface area contributed by atoms with Crippen LogP contribution in [-0.2, 0) is 10.3 Å². The summed E-state index contributed by atoms with van der Waals surface area (Å²) in [6.07, 6.45) is 1.01. The van der Waals surface area contributed by atoms with Crippen molar-refractivity contribution in [3.63, 3.8) is 0 Å². The zero-order valence-corrected chi connectivity index (χ0v) is 8.62. The van der Waals surface area contributed by atoms with E-state index in [1.165, 1.54) is 19.1 Å². The number of aromatic nitrogens is 1. The highest BCUT2D eigenvalue weighted by Gasteiger charge is 2.35. The second kappa shape index (κ2) is 4.35. The lowest BCUT2D eigenvalue weighted by Gasteiger charge is -2.24. The van der Waals surface area contributed by atoms with Gasteiger partial charge in [0.05, 0.1) is 11.9 Å². The first-order valence-electron chi connectivity index (χ1n) is 4.61. The minimum absolute atomic E-state index is 0.290. The summed E-state index contributed by atoms with van der Waals surface area (Å²) in [5, 5.41) is 11.9. The van der Waals surface area contributed by atoms with Crippen molar-refractivity contribution in [2.45, 2.75) is 19.4 Å². The number of carbonyl (C=O) groups is 1. The Balaban J connectivity index is 3.09. The second-order valence-electron chi connectivity index (χ2n) is 3.32. The highest BCUT2D eigenvalue weighted by molar-refractivity contribution is 5.79. The molecule has 82 valence electrons. The average Bonchev–Trinajstić information content (AvgIpc) is 2.18. The van der Waals surface area contributed by atoms with Gasteiger partial charge in [0.1, 0.15) is 5.82 Å². The van der Waals surface area contributed by atoms with Crippen molar-refractivity contribution in [1.29, 1.82) is 0 Å².